The van der Waals surface area contributed by atoms with Crippen LogP contribution >= 0.6 is 0 Å². The van der Waals surface area contributed by atoms with Crippen molar-refractivity contribution in [1.29, 1.82) is 0 Å². The fourth-order valence-electron chi connectivity index (χ4n) is 3.08. The van der Waals surface area contributed by atoms with Crippen LogP contribution in [-0.4, -0.2) is 25.4 Å². The zero-order valence-electron chi connectivity index (χ0n) is 9.45. The highest BCUT2D eigenvalue weighted by atomic mass is 16.6. The van der Waals surface area contributed by atoms with Gasteiger partial charge in [-0.1, -0.05) is 12.2 Å². The smallest absolute Gasteiger partial charge is 0.0908 e. The molecular formula is C13H20O2. The lowest BCUT2D eigenvalue weighted by Crippen LogP contribution is -2.45. The largest absolute Gasteiger partial charge is 0.378 e. The van der Waals surface area contributed by atoms with E-state index in [9.17, 15) is 0 Å². The van der Waals surface area contributed by atoms with Gasteiger partial charge in [-0.3, -0.25) is 0 Å². The Morgan fingerprint density at radius 3 is 2.80 bits per heavy atom. The van der Waals surface area contributed by atoms with Gasteiger partial charge in [0.1, 0.15) is 0 Å². The fraction of sp³-hybridized carbons (Fsp3) is 0.846. The van der Waals surface area contributed by atoms with Crippen molar-refractivity contribution in [3.05, 3.63) is 12.2 Å². The van der Waals surface area contributed by atoms with Gasteiger partial charge in [0.05, 0.1) is 25.4 Å². The predicted octanol–water partition coefficient (Wildman–Crippen LogP) is 2.39. The van der Waals surface area contributed by atoms with Crippen LogP contribution in [-0.2, 0) is 9.47 Å². The second-order valence-electron chi connectivity index (χ2n) is 5.60. The summed E-state index contributed by atoms with van der Waals surface area (Å²) in [6.07, 6.45) is 8.66. The Hall–Kier alpha value is -0.340. The topological polar surface area (TPSA) is 18.5 Å². The van der Waals surface area contributed by atoms with Crippen molar-refractivity contribution in [3.8, 4) is 0 Å². The second kappa shape index (κ2) is 3.60. The molecule has 3 rings (SSSR count). The Morgan fingerprint density at radius 2 is 2.27 bits per heavy atom. The average Bonchev–Trinajstić information content (AvgIpc) is 2.76. The molecule has 0 spiro atoms. The van der Waals surface area contributed by atoms with Crippen molar-refractivity contribution in [3.63, 3.8) is 0 Å². The molecule has 0 aromatic rings. The maximum atomic E-state index is 5.82. The summed E-state index contributed by atoms with van der Waals surface area (Å²) in [5.74, 6) is 2.45. The van der Waals surface area contributed by atoms with E-state index < -0.39 is 0 Å². The van der Waals surface area contributed by atoms with Crippen molar-refractivity contribution in [2.24, 2.45) is 17.8 Å². The van der Waals surface area contributed by atoms with Crippen molar-refractivity contribution < 1.29 is 9.47 Å². The molecular weight excluding hydrogens is 188 g/mol. The molecule has 1 saturated carbocycles. The lowest BCUT2D eigenvalue weighted by molar-refractivity contribution is -0.171. The molecule has 2 bridgehead atoms. The standard InChI is InChI=1S/C13H20O2/c1-13(4-5-15-13)9-14-8-12-7-10-2-3-11(12)6-10/h2-3,10-12H,4-9H2,1H3. The molecule has 84 valence electrons. The van der Waals surface area contributed by atoms with E-state index in [1.165, 1.54) is 12.8 Å². The molecule has 15 heavy (non-hydrogen) atoms. The van der Waals surface area contributed by atoms with Gasteiger partial charge in [-0.2, -0.15) is 0 Å². The third-order valence-electron chi connectivity index (χ3n) is 4.24. The van der Waals surface area contributed by atoms with Gasteiger partial charge in [0, 0.05) is 6.42 Å². The van der Waals surface area contributed by atoms with Gasteiger partial charge in [0.15, 0.2) is 0 Å². The highest BCUT2D eigenvalue weighted by Crippen LogP contribution is 2.43. The zero-order chi connectivity index (χ0) is 10.3. The van der Waals surface area contributed by atoms with Crippen molar-refractivity contribution in [1.82, 2.24) is 0 Å². The number of rotatable bonds is 4. The number of hydrogen-bond donors (Lipinski definition) is 0. The Morgan fingerprint density at radius 1 is 1.40 bits per heavy atom. The number of hydrogen-bond acceptors (Lipinski definition) is 2. The van der Waals surface area contributed by atoms with Crippen LogP contribution in [0.15, 0.2) is 12.2 Å². The average molecular weight is 208 g/mol. The molecule has 0 aromatic heterocycles. The summed E-state index contributed by atoms with van der Waals surface area (Å²) in [6.45, 7) is 4.78. The van der Waals surface area contributed by atoms with Gasteiger partial charge in [-0.05, 0) is 37.5 Å². The van der Waals surface area contributed by atoms with Crippen LogP contribution in [0, 0.1) is 17.8 Å². The number of allylic oxidation sites excluding steroid dienone is 2. The van der Waals surface area contributed by atoms with E-state index >= 15 is 0 Å². The minimum absolute atomic E-state index is 0.0352. The second-order valence-corrected chi connectivity index (χ2v) is 5.60. The van der Waals surface area contributed by atoms with Gasteiger partial charge < -0.3 is 9.47 Å². The lowest BCUT2D eigenvalue weighted by Gasteiger charge is -2.38. The quantitative estimate of drug-likeness (QED) is 0.660. The molecule has 4 unspecified atom stereocenters. The van der Waals surface area contributed by atoms with Gasteiger partial charge in [0.2, 0.25) is 0 Å². The number of fused-ring (bicyclic) bond motifs is 2. The molecule has 2 fully saturated rings. The molecule has 2 nitrogen and oxygen atoms in total. The minimum atomic E-state index is 0.0352. The highest BCUT2D eigenvalue weighted by molar-refractivity contribution is 5.10. The first-order valence-corrected chi connectivity index (χ1v) is 6.15. The van der Waals surface area contributed by atoms with E-state index in [2.05, 4.69) is 19.1 Å². The van der Waals surface area contributed by atoms with E-state index in [-0.39, 0.29) is 5.60 Å². The van der Waals surface area contributed by atoms with E-state index in [1.54, 1.807) is 0 Å². The first-order valence-electron chi connectivity index (χ1n) is 6.15. The summed E-state index contributed by atoms with van der Waals surface area (Å²) in [4.78, 5) is 0. The summed E-state index contributed by atoms with van der Waals surface area (Å²) < 4.78 is 11.3. The van der Waals surface area contributed by atoms with Gasteiger partial charge >= 0.3 is 0 Å². The summed E-state index contributed by atoms with van der Waals surface area (Å²) >= 11 is 0. The van der Waals surface area contributed by atoms with Crippen LogP contribution < -0.4 is 0 Å². The molecule has 2 heteroatoms. The molecule has 0 amide bonds. The molecule has 0 aromatic carbocycles. The lowest BCUT2D eigenvalue weighted by atomic mass is 9.94. The van der Waals surface area contributed by atoms with Crippen LogP contribution in [0.3, 0.4) is 0 Å². The SMILES string of the molecule is CC1(COCC2CC3C=CC2C3)CCO1. The maximum Gasteiger partial charge on any atom is 0.0908 e. The summed E-state index contributed by atoms with van der Waals surface area (Å²) in [7, 11) is 0. The zero-order valence-corrected chi connectivity index (χ0v) is 9.45. The third-order valence-corrected chi connectivity index (χ3v) is 4.24. The Kier molecular flexibility index (Phi) is 2.37. The van der Waals surface area contributed by atoms with Crippen LogP contribution in [0.5, 0.6) is 0 Å². The molecule has 4 atom stereocenters. The van der Waals surface area contributed by atoms with Crippen molar-refractivity contribution in [2.75, 3.05) is 19.8 Å². The first-order chi connectivity index (χ1) is 7.25. The van der Waals surface area contributed by atoms with Crippen molar-refractivity contribution in [2.45, 2.75) is 31.8 Å². The van der Waals surface area contributed by atoms with Crippen LogP contribution in [0.1, 0.15) is 26.2 Å². The van der Waals surface area contributed by atoms with Gasteiger partial charge in [0.25, 0.3) is 0 Å². The first kappa shape index (κ1) is 9.86. The van der Waals surface area contributed by atoms with E-state index in [0.717, 1.165) is 44.0 Å². The molecule has 0 N–H and O–H groups in total. The fourth-order valence-corrected chi connectivity index (χ4v) is 3.08. The molecule has 0 radical (unpaired) electrons. The Bertz CT molecular complexity index is 268. The maximum absolute atomic E-state index is 5.82. The molecule has 1 aliphatic heterocycles. The third kappa shape index (κ3) is 1.85. The van der Waals surface area contributed by atoms with Crippen LogP contribution in [0.25, 0.3) is 0 Å². The normalized spacial score (nSPS) is 47.1. The monoisotopic (exact) mass is 208 g/mol. The molecule has 3 aliphatic rings. The van der Waals surface area contributed by atoms with E-state index in [4.69, 9.17) is 9.47 Å². The minimum Gasteiger partial charge on any atom is -0.378 e. The van der Waals surface area contributed by atoms with Crippen LogP contribution in [0.4, 0.5) is 0 Å². The van der Waals surface area contributed by atoms with Gasteiger partial charge in [-0.15, -0.1) is 0 Å². The summed E-state index contributed by atoms with van der Waals surface area (Å²) in [6, 6.07) is 0. The van der Waals surface area contributed by atoms with Gasteiger partial charge in [-0.25, -0.2) is 0 Å². The number of ether oxygens (including phenoxy) is 2. The summed E-state index contributed by atoms with van der Waals surface area (Å²) in [5, 5.41) is 0. The summed E-state index contributed by atoms with van der Waals surface area (Å²) in [5.41, 5.74) is 0.0352. The predicted molar refractivity (Wildman–Crippen MR) is 58.6 cm³/mol. The van der Waals surface area contributed by atoms with Crippen LogP contribution in [0.2, 0.25) is 0 Å². The molecule has 1 heterocycles. The van der Waals surface area contributed by atoms with E-state index in [0.29, 0.717) is 0 Å². The molecule has 2 aliphatic carbocycles. The van der Waals surface area contributed by atoms with E-state index in [1.807, 2.05) is 0 Å². The Balaban J connectivity index is 1.41. The Labute approximate surface area is 91.6 Å². The highest BCUT2D eigenvalue weighted by Gasteiger charge is 2.37. The van der Waals surface area contributed by atoms with Crippen molar-refractivity contribution >= 4 is 0 Å². The molecule has 1 saturated heterocycles.